The predicted octanol–water partition coefficient (Wildman–Crippen LogP) is 1.23. The van der Waals surface area contributed by atoms with Gasteiger partial charge in [-0.25, -0.2) is 0 Å². The van der Waals surface area contributed by atoms with Gasteiger partial charge < -0.3 is 14.9 Å². The van der Waals surface area contributed by atoms with Crippen molar-refractivity contribution in [1.29, 1.82) is 0 Å². The van der Waals surface area contributed by atoms with Crippen molar-refractivity contribution in [2.24, 2.45) is 5.92 Å². The molecule has 0 aromatic rings. The number of piperidine rings is 2. The van der Waals surface area contributed by atoms with Crippen LogP contribution in [0, 0.1) is 5.92 Å². The molecule has 2 saturated heterocycles. The third-order valence-corrected chi connectivity index (χ3v) is 5.03. The average molecular weight is 266 g/mol. The van der Waals surface area contributed by atoms with E-state index < -0.39 is 0 Å². The van der Waals surface area contributed by atoms with E-state index >= 15 is 0 Å². The summed E-state index contributed by atoms with van der Waals surface area (Å²) in [5.41, 5.74) is 0. The molecule has 1 aliphatic carbocycles. The number of carbonyl (C=O) groups excluding carboxylic acids is 1. The Bertz CT molecular complexity index is 343. The van der Waals surface area contributed by atoms with Gasteiger partial charge in [0.1, 0.15) is 0 Å². The van der Waals surface area contributed by atoms with Gasteiger partial charge in [-0.1, -0.05) is 6.92 Å². The highest BCUT2D eigenvalue weighted by atomic mass is 16.3. The Labute approximate surface area is 115 Å². The SMILES string of the molecule is CCC(O)CN1CCC2C(CCC(=O)N2C2CC2)C1. The van der Waals surface area contributed by atoms with Crippen LogP contribution in [0.4, 0.5) is 0 Å². The van der Waals surface area contributed by atoms with Crippen LogP contribution >= 0.6 is 0 Å². The fraction of sp³-hybridized carbons (Fsp3) is 0.933. The Hall–Kier alpha value is -0.610. The largest absolute Gasteiger partial charge is 0.392 e. The maximum atomic E-state index is 12.1. The highest BCUT2D eigenvalue weighted by molar-refractivity contribution is 5.78. The summed E-state index contributed by atoms with van der Waals surface area (Å²) in [6.07, 6.45) is 5.95. The topological polar surface area (TPSA) is 43.8 Å². The highest BCUT2D eigenvalue weighted by Gasteiger charge is 2.45. The minimum atomic E-state index is -0.193. The number of rotatable bonds is 4. The number of aliphatic hydroxyl groups excluding tert-OH is 1. The number of β-amino-alcohol motifs (C(OH)–C–C–N with tert-alkyl or cyclic N) is 1. The van der Waals surface area contributed by atoms with Crippen molar-refractivity contribution in [1.82, 2.24) is 9.80 Å². The van der Waals surface area contributed by atoms with Crippen molar-refractivity contribution in [3.63, 3.8) is 0 Å². The molecule has 0 spiro atoms. The standard InChI is InChI=1S/C15H26N2O2/c1-2-13(18)10-16-8-7-14-11(9-16)3-6-15(19)17(14)12-4-5-12/h11-14,18H,2-10H2,1H3. The summed E-state index contributed by atoms with van der Waals surface area (Å²) in [5, 5.41) is 9.79. The molecule has 0 bridgehead atoms. The lowest BCUT2D eigenvalue weighted by molar-refractivity contribution is -0.142. The van der Waals surface area contributed by atoms with E-state index in [1.54, 1.807) is 0 Å². The molecular formula is C15H26N2O2. The molecule has 2 heterocycles. The first-order chi connectivity index (χ1) is 9.19. The summed E-state index contributed by atoms with van der Waals surface area (Å²) in [4.78, 5) is 16.7. The van der Waals surface area contributed by atoms with E-state index in [1.165, 1.54) is 12.8 Å². The van der Waals surface area contributed by atoms with Gasteiger partial charge in [-0.3, -0.25) is 4.79 Å². The molecule has 3 fully saturated rings. The second-order valence-electron chi connectivity index (χ2n) is 6.51. The molecule has 108 valence electrons. The number of hydrogen-bond acceptors (Lipinski definition) is 3. The number of fused-ring (bicyclic) bond motifs is 1. The van der Waals surface area contributed by atoms with Crippen LogP contribution in [0.3, 0.4) is 0 Å². The zero-order valence-electron chi connectivity index (χ0n) is 11.9. The average Bonchev–Trinajstić information content (AvgIpc) is 3.23. The van der Waals surface area contributed by atoms with Crippen molar-refractivity contribution in [3.05, 3.63) is 0 Å². The lowest BCUT2D eigenvalue weighted by atomic mass is 9.83. The summed E-state index contributed by atoms with van der Waals surface area (Å²) in [6, 6.07) is 1.05. The summed E-state index contributed by atoms with van der Waals surface area (Å²) >= 11 is 0. The van der Waals surface area contributed by atoms with Crippen LogP contribution in [0.25, 0.3) is 0 Å². The van der Waals surface area contributed by atoms with Crippen molar-refractivity contribution >= 4 is 5.91 Å². The molecule has 4 nitrogen and oxygen atoms in total. The minimum Gasteiger partial charge on any atom is -0.392 e. The molecule has 1 N–H and O–H groups in total. The monoisotopic (exact) mass is 266 g/mol. The Morgan fingerprint density at radius 1 is 1.32 bits per heavy atom. The molecular weight excluding hydrogens is 240 g/mol. The molecule has 0 aromatic carbocycles. The Morgan fingerprint density at radius 3 is 2.79 bits per heavy atom. The van der Waals surface area contributed by atoms with Crippen LogP contribution in [0.1, 0.15) is 45.4 Å². The van der Waals surface area contributed by atoms with E-state index in [4.69, 9.17) is 0 Å². The molecule has 4 heteroatoms. The van der Waals surface area contributed by atoms with Crippen molar-refractivity contribution in [2.45, 2.75) is 63.6 Å². The maximum absolute atomic E-state index is 12.1. The smallest absolute Gasteiger partial charge is 0.223 e. The Morgan fingerprint density at radius 2 is 2.11 bits per heavy atom. The normalized spacial score (nSPS) is 34.2. The van der Waals surface area contributed by atoms with Gasteiger partial charge in [-0.2, -0.15) is 0 Å². The Balaban J connectivity index is 1.61. The van der Waals surface area contributed by atoms with Gasteiger partial charge in [0.15, 0.2) is 0 Å². The van der Waals surface area contributed by atoms with E-state index in [1.807, 2.05) is 6.92 Å². The van der Waals surface area contributed by atoms with Crippen LogP contribution < -0.4 is 0 Å². The first kappa shape index (κ1) is 13.4. The molecule has 19 heavy (non-hydrogen) atoms. The fourth-order valence-corrected chi connectivity index (χ4v) is 3.79. The molecule has 3 rings (SSSR count). The van der Waals surface area contributed by atoms with Gasteiger partial charge in [0.05, 0.1) is 6.10 Å². The summed E-state index contributed by atoms with van der Waals surface area (Å²) in [5.74, 6) is 1.03. The first-order valence-corrected chi connectivity index (χ1v) is 7.90. The van der Waals surface area contributed by atoms with Crippen molar-refractivity contribution in [2.75, 3.05) is 19.6 Å². The van der Waals surface area contributed by atoms with Crippen LogP contribution in [-0.2, 0) is 4.79 Å². The number of amides is 1. The van der Waals surface area contributed by atoms with Crippen LogP contribution in [0.5, 0.6) is 0 Å². The zero-order chi connectivity index (χ0) is 13.4. The lowest BCUT2D eigenvalue weighted by Crippen LogP contribution is -2.57. The highest BCUT2D eigenvalue weighted by Crippen LogP contribution is 2.38. The van der Waals surface area contributed by atoms with E-state index in [0.29, 0.717) is 23.9 Å². The van der Waals surface area contributed by atoms with E-state index in [-0.39, 0.29) is 6.10 Å². The van der Waals surface area contributed by atoms with Gasteiger partial charge in [0.25, 0.3) is 0 Å². The van der Waals surface area contributed by atoms with Crippen LogP contribution in [0.2, 0.25) is 0 Å². The summed E-state index contributed by atoms with van der Waals surface area (Å²) in [7, 11) is 0. The zero-order valence-corrected chi connectivity index (χ0v) is 11.9. The first-order valence-electron chi connectivity index (χ1n) is 7.90. The maximum Gasteiger partial charge on any atom is 0.223 e. The number of nitrogens with zero attached hydrogens (tertiary/aromatic N) is 2. The predicted molar refractivity (Wildman–Crippen MR) is 73.7 cm³/mol. The third-order valence-electron chi connectivity index (χ3n) is 5.03. The van der Waals surface area contributed by atoms with Gasteiger partial charge >= 0.3 is 0 Å². The molecule has 3 atom stereocenters. The molecule has 3 unspecified atom stereocenters. The summed E-state index contributed by atoms with van der Waals surface area (Å²) in [6.45, 7) is 4.94. The lowest BCUT2D eigenvalue weighted by Gasteiger charge is -2.47. The van der Waals surface area contributed by atoms with Gasteiger partial charge in [-0.15, -0.1) is 0 Å². The molecule has 1 amide bonds. The quantitative estimate of drug-likeness (QED) is 0.832. The third kappa shape index (κ3) is 2.79. The van der Waals surface area contributed by atoms with Gasteiger partial charge in [0.2, 0.25) is 5.91 Å². The molecule has 0 radical (unpaired) electrons. The molecule has 1 saturated carbocycles. The van der Waals surface area contributed by atoms with E-state index in [9.17, 15) is 9.90 Å². The second kappa shape index (κ2) is 5.41. The van der Waals surface area contributed by atoms with Crippen molar-refractivity contribution in [3.8, 4) is 0 Å². The number of carbonyl (C=O) groups is 1. The number of likely N-dealkylation sites (tertiary alicyclic amines) is 2. The van der Waals surface area contributed by atoms with E-state index in [0.717, 1.165) is 45.3 Å². The van der Waals surface area contributed by atoms with Gasteiger partial charge in [0, 0.05) is 38.1 Å². The van der Waals surface area contributed by atoms with Crippen molar-refractivity contribution < 1.29 is 9.90 Å². The molecule has 3 aliphatic rings. The fourth-order valence-electron chi connectivity index (χ4n) is 3.79. The van der Waals surface area contributed by atoms with Crippen LogP contribution in [0.15, 0.2) is 0 Å². The Kier molecular flexibility index (Phi) is 3.81. The summed E-state index contributed by atoms with van der Waals surface area (Å²) < 4.78 is 0. The molecule has 0 aromatic heterocycles. The van der Waals surface area contributed by atoms with Gasteiger partial charge in [-0.05, 0) is 38.0 Å². The second-order valence-corrected chi connectivity index (χ2v) is 6.51. The van der Waals surface area contributed by atoms with Crippen LogP contribution in [-0.4, -0.2) is 58.6 Å². The number of aliphatic hydroxyl groups is 1. The van der Waals surface area contributed by atoms with E-state index in [2.05, 4.69) is 9.80 Å². The molecule has 2 aliphatic heterocycles. The minimum absolute atomic E-state index is 0.193. The number of hydrogen-bond donors (Lipinski definition) is 1.